The molecule has 110 valence electrons. The molecule has 0 N–H and O–H groups in total. The maximum absolute atomic E-state index is 6.05. The summed E-state index contributed by atoms with van der Waals surface area (Å²) in [5, 5.41) is 0.702. The first-order chi connectivity index (χ1) is 9.61. The van der Waals surface area contributed by atoms with E-state index in [1.807, 2.05) is 32.3 Å². The molecule has 4 nitrogen and oxygen atoms in total. The van der Waals surface area contributed by atoms with Crippen LogP contribution in [0, 0.1) is 0 Å². The van der Waals surface area contributed by atoms with Gasteiger partial charge in [-0.1, -0.05) is 11.6 Å². The number of nitrogens with zero attached hydrogens (tertiary/aromatic N) is 3. The molecule has 1 aromatic heterocycles. The number of imidazole rings is 1. The highest BCUT2D eigenvalue weighted by molar-refractivity contribution is 6.31. The molecular formula is C14H19Cl2N3O. The molecule has 0 spiro atoms. The number of hydrogen-bond donors (Lipinski definition) is 0. The van der Waals surface area contributed by atoms with Crippen molar-refractivity contribution in [3.05, 3.63) is 29.0 Å². The minimum absolute atomic E-state index is 0.379. The van der Waals surface area contributed by atoms with Gasteiger partial charge >= 0.3 is 0 Å². The number of hydrogen-bond acceptors (Lipinski definition) is 3. The van der Waals surface area contributed by atoms with E-state index in [0.29, 0.717) is 17.5 Å². The number of rotatable bonds is 7. The Morgan fingerprint density at radius 3 is 2.80 bits per heavy atom. The van der Waals surface area contributed by atoms with E-state index < -0.39 is 0 Å². The molecule has 0 aliphatic rings. The molecule has 2 rings (SSSR count). The van der Waals surface area contributed by atoms with Gasteiger partial charge in [-0.05, 0) is 32.3 Å². The van der Waals surface area contributed by atoms with Gasteiger partial charge in [-0.3, -0.25) is 0 Å². The van der Waals surface area contributed by atoms with Crippen LogP contribution in [0.5, 0.6) is 0 Å². The molecule has 1 heterocycles. The lowest BCUT2D eigenvalue weighted by Gasteiger charge is -2.11. The van der Waals surface area contributed by atoms with Crippen molar-refractivity contribution in [2.24, 2.45) is 0 Å². The summed E-state index contributed by atoms with van der Waals surface area (Å²) in [6.45, 7) is 3.00. The Morgan fingerprint density at radius 2 is 2.10 bits per heavy atom. The molecule has 0 fully saturated rings. The quantitative estimate of drug-likeness (QED) is 0.581. The highest BCUT2D eigenvalue weighted by Gasteiger charge is 2.10. The summed E-state index contributed by atoms with van der Waals surface area (Å²) < 4.78 is 7.70. The lowest BCUT2D eigenvalue weighted by molar-refractivity contribution is 0.111. The van der Waals surface area contributed by atoms with Gasteiger partial charge in [0.15, 0.2) is 0 Å². The van der Waals surface area contributed by atoms with Crippen LogP contribution in [0.1, 0.15) is 5.82 Å². The molecule has 20 heavy (non-hydrogen) atoms. The molecule has 0 unspecified atom stereocenters. The SMILES string of the molecule is CN(C)CCOCCn1c(CCl)nc2ccc(Cl)cc21. The fourth-order valence-electron chi connectivity index (χ4n) is 2.00. The Kier molecular flexibility index (Phi) is 5.66. The monoisotopic (exact) mass is 315 g/mol. The molecule has 0 aliphatic heterocycles. The standard InChI is InChI=1S/C14H19Cl2N3O/c1-18(2)5-7-20-8-6-19-13-9-11(16)3-4-12(13)17-14(19)10-15/h3-4,9H,5-8,10H2,1-2H3. The molecule has 0 aliphatic carbocycles. The fourth-order valence-corrected chi connectivity index (χ4v) is 2.37. The molecular weight excluding hydrogens is 297 g/mol. The van der Waals surface area contributed by atoms with Crippen molar-refractivity contribution < 1.29 is 4.74 Å². The number of halogens is 2. The second-order valence-electron chi connectivity index (χ2n) is 4.86. The van der Waals surface area contributed by atoms with E-state index >= 15 is 0 Å². The van der Waals surface area contributed by atoms with Crippen LogP contribution in [0.3, 0.4) is 0 Å². The van der Waals surface area contributed by atoms with Gasteiger partial charge in [0.1, 0.15) is 5.82 Å². The third-order valence-electron chi connectivity index (χ3n) is 3.05. The van der Waals surface area contributed by atoms with Crippen LogP contribution in [-0.4, -0.2) is 48.3 Å². The molecule has 2 aromatic rings. The average molecular weight is 316 g/mol. The van der Waals surface area contributed by atoms with E-state index in [-0.39, 0.29) is 0 Å². The van der Waals surface area contributed by atoms with Crippen molar-refractivity contribution in [1.29, 1.82) is 0 Å². The molecule has 1 aromatic carbocycles. The van der Waals surface area contributed by atoms with Gasteiger partial charge < -0.3 is 14.2 Å². The highest BCUT2D eigenvalue weighted by Crippen LogP contribution is 2.21. The smallest absolute Gasteiger partial charge is 0.124 e. The fraction of sp³-hybridized carbons (Fsp3) is 0.500. The maximum atomic E-state index is 6.05. The first-order valence-electron chi connectivity index (χ1n) is 6.55. The number of alkyl halides is 1. The average Bonchev–Trinajstić information content (AvgIpc) is 2.75. The zero-order valence-corrected chi connectivity index (χ0v) is 13.3. The predicted molar refractivity (Wildman–Crippen MR) is 83.7 cm³/mol. The Hall–Kier alpha value is -0.810. The van der Waals surface area contributed by atoms with Crippen molar-refractivity contribution in [2.45, 2.75) is 12.4 Å². The molecule has 0 saturated carbocycles. The van der Waals surface area contributed by atoms with E-state index in [9.17, 15) is 0 Å². The Bertz CT molecular complexity index is 569. The normalized spacial score (nSPS) is 11.7. The third-order valence-corrected chi connectivity index (χ3v) is 3.53. The van der Waals surface area contributed by atoms with E-state index in [2.05, 4.69) is 14.5 Å². The van der Waals surface area contributed by atoms with Gasteiger partial charge in [0.05, 0.1) is 30.1 Å². The van der Waals surface area contributed by atoms with Crippen LogP contribution in [0.2, 0.25) is 5.02 Å². The first kappa shape index (κ1) is 15.6. The number of fused-ring (bicyclic) bond motifs is 1. The van der Waals surface area contributed by atoms with Crippen LogP contribution in [0.25, 0.3) is 11.0 Å². The Balaban J connectivity index is 2.06. The van der Waals surface area contributed by atoms with Gasteiger partial charge in [-0.15, -0.1) is 11.6 Å². The van der Waals surface area contributed by atoms with Gasteiger partial charge in [-0.25, -0.2) is 4.98 Å². The van der Waals surface area contributed by atoms with Gasteiger partial charge in [-0.2, -0.15) is 0 Å². The Labute approximate surface area is 129 Å². The lowest BCUT2D eigenvalue weighted by atomic mass is 10.3. The van der Waals surface area contributed by atoms with Crippen molar-refractivity contribution in [1.82, 2.24) is 14.5 Å². The van der Waals surface area contributed by atoms with E-state index in [1.54, 1.807) is 0 Å². The molecule has 0 radical (unpaired) electrons. The Morgan fingerprint density at radius 1 is 1.30 bits per heavy atom. The van der Waals surface area contributed by atoms with Crippen molar-refractivity contribution in [3.63, 3.8) is 0 Å². The van der Waals surface area contributed by atoms with Crippen molar-refractivity contribution >= 4 is 34.2 Å². The van der Waals surface area contributed by atoms with Gasteiger partial charge in [0.2, 0.25) is 0 Å². The first-order valence-corrected chi connectivity index (χ1v) is 7.46. The summed E-state index contributed by atoms with van der Waals surface area (Å²) in [6, 6.07) is 5.67. The molecule has 0 amide bonds. The summed E-state index contributed by atoms with van der Waals surface area (Å²) in [5.41, 5.74) is 1.92. The van der Waals surface area contributed by atoms with E-state index in [4.69, 9.17) is 27.9 Å². The van der Waals surface area contributed by atoms with E-state index in [1.165, 1.54) is 0 Å². The minimum Gasteiger partial charge on any atom is -0.378 e. The van der Waals surface area contributed by atoms with Gasteiger partial charge in [0, 0.05) is 18.1 Å². The second-order valence-corrected chi connectivity index (χ2v) is 5.57. The number of aromatic nitrogens is 2. The molecule has 0 saturated heterocycles. The summed E-state index contributed by atoms with van der Waals surface area (Å²) in [4.78, 5) is 6.60. The zero-order chi connectivity index (χ0) is 14.5. The maximum Gasteiger partial charge on any atom is 0.124 e. The highest BCUT2D eigenvalue weighted by atomic mass is 35.5. The summed E-state index contributed by atoms with van der Waals surface area (Å²) in [6.07, 6.45) is 0. The van der Waals surface area contributed by atoms with E-state index in [0.717, 1.165) is 36.6 Å². The number of benzene rings is 1. The lowest BCUT2D eigenvalue weighted by Crippen LogP contribution is -2.19. The molecule has 0 bridgehead atoms. The van der Waals surface area contributed by atoms with Crippen molar-refractivity contribution in [2.75, 3.05) is 33.9 Å². The second kappa shape index (κ2) is 7.27. The van der Waals surface area contributed by atoms with Crippen LogP contribution >= 0.6 is 23.2 Å². The van der Waals surface area contributed by atoms with Crippen molar-refractivity contribution in [3.8, 4) is 0 Å². The molecule has 6 heteroatoms. The largest absolute Gasteiger partial charge is 0.378 e. The predicted octanol–water partition coefficient (Wildman–Crippen LogP) is 3.01. The molecule has 0 atom stereocenters. The summed E-state index contributed by atoms with van der Waals surface area (Å²) in [7, 11) is 4.06. The zero-order valence-electron chi connectivity index (χ0n) is 11.8. The summed E-state index contributed by atoms with van der Waals surface area (Å²) in [5.74, 6) is 1.23. The number of ether oxygens (including phenoxy) is 1. The van der Waals surface area contributed by atoms with Crippen LogP contribution in [0.15, 0.2) is 18.2 Å². The topological polar surface area (TPSA) is 30.3 Å². The number of likely N-dealkylation sites (N-methyl/N-ethyl adjacent to an activating group) is 1. The van der Waals surface area contributed by atoms with Crippen LogP contribution < -0.4 is 0 Å². The third kappa shape index (κ3) is 3.85. The minimum atomic E-state index is 0.379. The van der Waals surface area contributed by atoms with Crippen LogP contribution in [0.4, 0.5) is 0 Å². The van der Waals surface area contributed by atoms with Gasteiger partial charge in [0.25, 0.3) is 0 Å². The summed E-state index contributed by atoms with van der Waals surface area (Å²) >= 11 is 12.0. The van der Waals surface area contributed by atoms with Crippen LogP contribution in [-0.2, 0) is 17.2 Å².